The number of nitrogens with zero attached hydrogens (tertiary/aromatic N) is 4. The Hall–Kier alpha value is -2.01. The van der Waals surface area contributed by atoms with E-state index in [4.69, 9.17) is 4.98 Å². The molecule has 25 heavy (non-hydrogen) atoms. The van der Waals surface area contributed by atoms with Crippen LogP contribution in [0.2, 0.25) is 0 Å². The normalized spacial score (nSPS) is 19.9. The van der Waals surface area contributed by atoms with E-state index in [1.165, 1.54) is 24.1 Å². The van der Waals surface area contributed by atoms with Crippen molar-refractivity contribution in [2.45, 2.75) is 45.4 Å². The van der Waals surface area contributed by atoms with Gasteiger partial charge in [-0.15, -0.1) is 0 Å². The fourth-order valence-electron chi connectivity index (χ4n) is 4.25. The number of rotatable bonds is 4. The molecule has 3 heterocycles. The standard InChI is InChI=1S/C20H26N4O/c1-13(10-14(2)25)16-4-5-17-20(16)24-12-18(22-19(24)11-21-17)15-6-8-23(3)9-7-15/h4,11-13,15H,5-10H2,1-3H3. The summed E-state index contributed by atoms with van der Waals surface area (Å²) in [6, 6.07) is 0. The fourth-order valence-corrected chi connectivity index (χ4v) is 4.25. The monoisotopic (exact) mass is 338 g/mol. The summed E-state index contributed by atoms with van der Waals surface area (Å²) in [6.45, 7) is 6.07. The van der Waals surface area contributed by atoms with Crippen LogP contribution in [-0.4, -0.2) is 45.2 Å². The molecule has 0 amide bonds. The van der Waals surface area contributed by atoms with E-state index in [1.54, 1.807) is 6.92 Å². The van der Waals surface area contributed by atoms with Crippen molar-refractivity contribution in [2.24, 2.45) is 5.92 Å². The molecule has 132 valence electrons. The van der Waals surface area contributed by atoms with E-state index >= 15 is 0 Å². The van der Waals surface area contributed by atoms with Gasteiger partial charge in [0.1, 0.15) is 5.78 Å². The van der Waals surface area contributed by atoms with Crippen molar-refractivity contribution < 1.29 is 4.79 Å². The lowest BCUT2D eigenvalue weighted by Crippen LogP contribution is -2.29. The molecular formula is C20H26N4O. The van der Waals surface area contributed by atoms with Crippen LogP contribution < -0.4 is 0 Å². The van der Waals surface area contributed by atoms with E-state index in [1.807, 2.05) is 6.20 Å². The second-order valence-corrected chi connectivity index (χ2v) is 7.70. The third-order valence-electron chi connectivity index (χ3n) is 5.65. The van der Waals surface area contributed by atoms with Crippen molar-refractivity contribution in [3.05, 3.63) is 35.6 Å². The summed E-state index contributed by atoms with van der Waals surface area (Å²) in [5, 5.41) is 0. The van der Waals surface area contributed by atoms with Crippen LogP contribution in [0.15, 0.2) is 18.5 Å². The van der Waals surface area contributed by atoms with Gasteiger partial charge in [0.2, 0.25) is 0 Å². The maximum absolute atomic E-state index is 11.6. The Bertz CT molecular complexity index is 843. The first kappa shape index (κ1) is 16.5. The summed E-state index contributed by atoms with van der Waals surface area (Å²) < 4.78 is 2.21. The molecule has 0 aromatic carbocycles. The van der Waals surface area contributed by atoms with Gasteiger partial charge in [-0.1, -0.05) is 13.0 Å². The largest absolute Gasteiger partial charge is 0.306 e. The number of carbonyl (C=O) groups excluding carboxylic acids is 1. The SMILES string of the molecule is CC(=O)CC(C)C1=CCc2ncc3nc(C4CCN(C)CC4)cn3c21. The molecule has 2 aliphatic rings. The number of hydrogen-bond donors (Lipinski definition) is 0. The van der Waals surface area contributed by atoms with Crippen LogP contribution in [0.25, 0.3) is 11.2 Å². The van der Waals surface area contributed by atoms with E-state index < -0.39 is 0 Å². The van der Waals surface area contributed by atoms with Gasteiger partial charge in [-0.25, -0.2) is 4.98 Å². The van der Waals surface area contributed by atoms with Gasteiger partial charge >= 0.3 is 0 Å². The van der Waals surface area contributed by atoms with Gasteiger partial charge in [0, 0.05) is 25.0 Å². The number of carbonyl (C=O) groups is 1. The van der Waals surface area contributed by atoms with Gasteiger partial charge in [0.05, 0.1) is 23.3 Å². The van der Waals surface area contributed by atoms with Crippen LogP contribution in [0.4, 0.5) is 0 Å². The molecule has 1 aliphatic heterocycles. The Morgan fingerprint density at radius 3 is 2.84 bits per heavy atom. The van der Waals surface area contributed by atoms with Gasteiger partial charge in [0.15, 0.2) is 5.65 Å². The molecule has 0 radical (unpaired) electrons. The third-order valence-corrected chi connectivity index (χ3v) is 5.65. The number of hydrogen-bond acceptors (Lipinski definition) is 4. The molecule has 2 aromatic rings. The minimum atomic E-state index is 0.223. The maximum Gasteiger partial charge on any atom is 0.156 e. The average Bonchev–Trinajstić information content (AvgIpc) is 3.18. The predicted molar refractivity (Wildman–Crippen MR) is 98.6 cm³/mol. The lowest BCUT2D eigenvalue weighted by molar-refractivity contribution is -0.117. The molecule has 0 N–H and O–H groups in total. The third kappa shape index (κ3) is 3.01. The van der Waals surface area contributed by atoms with E-state index in [9.17, 15) is 4.79 Å². The number of fused-ring (bicyclic) bond motifs is 3. The Morgan fingerprint density at radius 1 is 1.36 bits per heavy atom. The molecule has 0 saturated carbocycles. The first-order chi connectivity index (χ1) is 12.0. The highest BCUT2D eigenvalue weighted by Crippen LogP contribution is 2.35. The van der Waals surface area contributed by atoms with Crippen LogP contribution in [0.5, 0.6) is 0 Å². The molecule has 5 heteroatoms. The van der Waals surface area contributed by atoms with Gasteiger partial charge in [-0.05, 0) is 51.4 Å². The highest BCUT2D eigenvalue weighted by molar-refractivity contribution is 5.80. The van der Waals surface area contributed by atoms with Gasteiger partial charge in [-0.2, -0.15) is 0 Å². The van der Waals surface area contributed by atoms with Gasteiger partial charge in [0.25, 0.3) is 0 Å². The minimum absolute atomic E-state index is 0.223. The Balaban J connectivity index is 1.70. The van der Waals surface area contributed by atoms with Crippen LogP contribution in [0.3, 0.4) is 0 Å². The van der Waals surface area contributed by atoms with E-state index in [2.05, 4.69) is 40.5 Å². The van der Waals surface area contributed by atoms with Crippen molar-refractivity contribution in [2.75, 3.05) is 20.1 Å². The van der Waals surface area contributed by atoms with Crippen LogP contribution in [0.1, 0.15) is 56.1 Å². The summed E-state index contributed by atoms with van der Waals surface area (Å²) in [4.78, 5) is 23.5. The van der Waals surface area contributed by atoms with Crippen LogP contribution >= 0.6 is 0 Å². The quantitative estimate of drug-likeness (QED) is 0.859. The molecule has 1 unspecified atom stereocenters. The number of ketones is 1. The number of piperidine rings is 1. The zero-order chi connectivity index (χ0) is 17.6. The topological polar surface area (TPSA) is 50.5 Å². The fraction of sp³-hybridized carbons (Fsp3) is 0.550. The summed E-state index contributed by atoms with van der Waals surface area (Å²) in [7, 11) is 2.18. The molecule has 4 rings (SSSR count). The van der Waals surface area contributed by atoms with E-state index in [0.29, 0.717) is 12.3 Å². The van der Waals surface area contributed by atoms with Crippen molar-refractivity contribution in [1.82, 2.24) is 19.3 Å². The lowest BCUT2D eigenvalue weighted by atomic mass is 9.94. The summed E-state index contributed by atoms with van der Waals surface area (Å²) >= 11 is 0. The van der Waals surface area contributed by atoms with E-state index in [0.717, 1.165) is 36.5 Å². The molecule has 2 aromatic heterocycles. The zero-order valence-corrected chi connectivity index (χ0v) is 15.3. The minimum Gasteiger partial charge on any atom is -0.306 e. The second kappa shape index (κ2) is 6.37. The first-order valence-electron chi connectivity index (χ1n) is 9.28. The molecule has 0 bridgehead atoms. The van der Waals surface area contributed by atoms with Crippen molar-refractivity contribution in [1.29, 1.82) is 0 Å². The smallest absolute Gasteiger partial charge is 0.156 e. The van der Waals surface area contributed by atoms with Crippen LogP contribution in [-0.2, 0) is 11.2 Å². The predicted octanol–water partition coefficient (Wildman–Crippen LogP) is 3.09. The van der Waals surface area contributed by atoms with Crippen molar-refractivity contribution in [3.63, 3.8) is 0 Å². The zero-order valence-electron chi connectivity index (χ0n) is 15.3. The second-order valence-electron chi connectivity index (χ2n) is 7.70. The highest BCUT2D eigenvalue weighted by Gasteiger charge is 2.26. The van der Waals surface area contributed by atoms with Gasteiger partial charge < -0.3 is 9.69 Å². The first-order valence-corrected chi connectivity index (χ1v) is 9.28. The highest BCUT2D eigenvalue weighted by atomic mass is 16.1. The molecular weight excluding hydrogens is 312 g/mol. The number of aromatic nitrogens is 3. The average molecular weight is 338 g/mol. The van der Waals surface area contributed by atoms with Crippen molar-refractivity contribution in [3.8, 4) is 0 Å². The molecule has 1 saturated heterocycles. The Morgan fingerprint density at radius 2 is 2.12 bits per heavy atom. The molecule has 1 aliphatic carbocycles. The van der Waals surface area contributed by atoms with Crippen molar-refractivity contribution >= 4 is 17.0 Å². The summed E-state index contributed by atoms with van der Waals surface area (Å²) in [6.07, 6.45) is 10.1. The summed E-state index contributed by atoms with van der Waals surface area (Å²) in [5.74, 6) is 0.996. The molecule has 1 fully saturated rings. The molecule has 1 atom stereocenters. The van der Waals surface area contributed by atoms with Crippen LogP contribution in [0, 0.1) is 5.92 Å². The van der Waals surface area contributed by atoms with E-state index in [-0.39, 0.29) is 11.7 Å². The Kier molecular flexibility index (Phi) is 4.20. The Labute approximate surface area is 148 Å². The molecule has 5 nitrogen and oxygen atoms in total. The number of allylic oxidation sites excluding steroid dienone is 2. The maximum atomic E-state index is 11.6. The summed E-state index contributed by atoms with van der Waals surface area (Å²) in [5.41, 5.74) is 5.63. The lowest BCUT2D eigenvalue weighted by Gasteiger charge is -2.27. The number of imidazole rings is 1. The molecule has 0 spiro atoms. The number of likely N-dealkylation sites (tertiary alicyclic amines) is 1. The number of Topliss-reactive ketones (excluding diaryl/α,β-unsaturated/α-hetero) is 1. The van der Waals surface area contributed by atoms with Gasteiger partial charge in [-0.3, -0.25) is 9.38 Å².